The van der Waals surface area contributed by atoms with E-state index in [9.17, 15) is 22.8 Å². The molecule has 0 bridgehead atoms. The Bertz CT molecular complexity index is 1050. The molecule has 2 amide bonds. The number of rotatable bonds is 4. The molecule has 0 aliphatic rings. The van der Waals surface area contributed by atoms with Crippen molar-refractivity contribution in [3.63, 3.8) is 0 Å². The molecule has 0 saturated heterocycles. The topological polar surface area (TPSA) is 71.1 Å². The second-order valence-electron chi connectivity index (χ2n) is 6.25. The first-order chi connectivity index (χ1) is 13.7. The highest BCUT2D eigenvalue weighted by Gasteiger charge is 2.30. The zero-order valence-corrected chi connectivity index (χ0v) is 15.2. The van der Waals surface area contributed by atoms with Crippen LogP contribution in [0.5, 0.6) is 0 Å². The SMILES string of the molecule is Cc1ccc(NC(=O)c2cccc(C(F)(F)F)c2)cc1NC(=O)c1ccncc1. The van der Waals surface area contributed by atoms with Crippen molar-refractivity contribution in [2.45, 2.75) is 13.1 Å². The number of carbonyl (C=O) groups is 2. The summed E-state index contributed by atoms with van der Waals surface area (Å²) < 4.78 is 38.5. The first-order valence-corrected chi connectivity index (χ1v) is 8.55. The molecule has 3 rings (SSSR count). The summed E-state index contributed by atoms with van der Waals surface area (Å²) in [5, 5.41) is 5.29. The van der Waals surface area contributed by atoms with Crippen LogP contribution < -0.4 is 10.6 Å². The Morgan fingerprint density at radius 2 is 1.55 bits per heavy atom. The van der Waals surface area contributed by atoms with Gasteiger partial charge in [-0.25, -0.2) is 0 Å². The van der Waals surface area contributed by atoms with Crippen LogP contribution in [0.4, 0.5) is 24.5 Å². The van der Waals surface area contributed by atoms with Gasteiger partial charge in [0.1, 0.15) is 0 Å². The minimum Gasteiger partial charge on any atom is -0.322 e. The number of halogens is 3. The predicted molar refractivity (Wildman–Crippen MR) is 103 cm³/mol. The number of benzene rings is 2. The van der Waals surface area contributed by atoms with E-state index in [1.807, 2.05) is 0 Å². The summed E-state index contributed by atoms with van der Waals surface area (Å²) in [6.07, 6.45) is -1.55. The van der Waals surface area contributed by atoms with Gasteiger partial charge in [0.25, 0.3) is 11.8 Å². The summed E-state index contributed by atoms with van der Waals surface area (Å²) in [6, 6.07) is 12.1. The van der Waals surface area contributed by atoms with E-state index in [0.29, 0.717) is 16.9 Å². The van der Waals surface area contributed by atoms with E-state index in [0.717, 1.165) is 17.7 Å². The zero-order chi connectivity index (χ0) is 21.0. The molecule has 0 saturated carbocycles. The smallest absolute Gasteiger partial charge is 0.322 e. The summed E-state index contributed by atoms with van der Waals surface area (Å²) in [5.74, 6) is -1.04. The molecular weight excluding hydrogens is 383 g/mol. The second-order valence-corrected chi connectivity index (χ2v) is 6.25. The molecular formula is C21H16F3N3O2. The van der Waals surface area contributed by atoms with E-state index in [1.54, 1.807) is 37.3 Å². The number of anilines is 2. The van der Waals surface area contributed by atoms with Crippen LogP contribution in [0.25, 0.3) is 0 Å². The number of nitrogens with zero attached hydrogens (tertiary/aromatic N) is 1. The first-order valence-electron chi connectivity index (χ1n) is 8.55. The highest BCUT2D eigenvalue weighted by molar-refractivity contribution is 6.06. The molecule has 0 aliphatic carbocycles. The number of aromatic nitrogens is 1. The molecule has 5 nitrogen and oxygen atoms in total. The highest BCUT2D eigenvalue weighted by atomic mass is 19.4. The monoisotopic (exact) mass is 399 g/mol. The number of nitrogens with one attached hydrogen (secondary N) is 2. The maximum Gasteiger partial charge on any atom is 0.416 e. The molecule has 8 heteroatoms. The molecule has 2 aromatic carbocycles. The molecule has 0 aliphatic heterocycles. The fourth-order valence-corrected chi connectivity index (χ4v) is 2.57. The van der Waals surface area contributed by atoms with Gasteiger partial charge in [-0.05, 0) is 55.0 Å². The average molecular weight is 399 g/mol. The summed E-state index contributed by atoms with van der Waals surface area (Å²) in [4.78, 5) is 28.5. The minimum atomic E-state index is -4.54. The van der Waals surface area contributed by atoms with Crippen molar-refractivity contribution < 1.29 is 22.8 Å². The third-order valence-corrected chi connectivity index (χ3v) is 4.14. The third-order valence-electron chi connectivity index (χ3n) is 4.14. The molecule has 0 spiro atoms. The summed E-state index contributed by atoms with van der Waals surface area (Å²) in [7, 11) is 0. The van der Waals surface area contributed by atoms with Crippen molar-refractivity contribution in [1.82, 2.24) is 4.98 Å². The van der Waals surface area contributed by atoms with Crippen LogP contribution in [0.15, 0.2) is 67.0 Å². The van der Waals surface area contributed by atoms with Gasteiger partial charge in [-0.3, -0.25) is 14.6 Å². The van der Waals surface area contributed by atoms with E-state index in [1.165, 1.54) is 24.5 Å². The number of alkyl halides is 3. The van der Waals surface area contributed by atoms with E-state index in [4.69, 9.17) is 0 Å². The van der Waals surface area contributed by atoms with Crippen LogP contribution in [-0.2, 0) is 6.18 Å². The average Bonchev–Trinajstić information content (AvgIpc) is 2.70. The summed E-state index contributed by atoms with van der Waals surface area (Å²) in [6.45, 7) is 1.78. The number of carbonyl (C=O) groups excluding carboxylic acids is 2. The second kappa shape index (κ2) is 8.14. The molecule has 0 fully saturated rings. The van der Waals surface area contributed by atoms with Crippen LogP contribution in [0, 0.1) is 6.92 Å². The Morgan fingerprint density at radius 1 is 0.862 bits per heavy atom. The predicted octanol–water partition coefficient (Wildman–Crippen LogP) is 4.91. The Morgan fingerprint density at radius 3 is 2.24 bits per heavy atom. The standard InChI is InChI=1S/C21H16F3N3O2/c1-13-5-6-17(12-18(13)27-19(28)14-7-9-25-10-8-14)26-20(29)15-3-2-4-16(11-15)21(22,23)24/h2-12H,1H3,(H,26,29)(H,27,28). The van der Waals surface area contributed by atoms with Crippen LogP contribution >= 0.6 is 0 Å². The van der Waals surface area contributed by atoms with Crippen molar-refractivity contribution in [2.75, 3.05) is 10.6 Å². The Labute approximate surface area is 164 Å². The first kappa shape index (κ1) is 20.1. The van der Waals surface area contributed by atoms with Gasteiger partial charge in [-0.15, -0.1) is 0 Å². The van der Waals surface area contributed by atoms with Crippen molar-refractivity contribution in [3.8, 4) is 0 Å². The Kier molecular flexibility index (Phi) is 5.63. The fraction of sp³-hybridized carbons (Fsp3) is 0.0952. The van der Waals surface area contributed by atoms with Gasteiger partial charge in [0.15, 0.2) is 0 Å². The normalized spacial score (nSPS) is 11.0. The number of amides is 2. The van der Waals surface area contributed by atoms with Gasteiger partial charge >= 0.3 is 6.18 Å². The molecule has 2 N–H and O–H groups in total. The van der Waals surface area contributed by atoms with Crippen molar-refractivity contribution >= 4 is 23.2 Å². The number of pyridine rings is 1. The maximum absolute atomic E-state index is 12.8. The molecule has 148 valence electrons. The lowest BCUT2D eigenvalue weighted by Crippen LogP contribution is -2.15. The molecule has 1 heterocycles. The van der Waals surface area contributed by atoms with E-state index >= 15 is 0 Å². The maximum atomic E-state index is 12.8. The summed E-state index contributed by atoms with van der Waals surface area (Å²) in [5.41, 5.74) is 0.945. The van der Waals surface area contributed by atoms with E-state index < -0.39 is 17.6 Å². The molecule has 0 atom stereocenters. The van der Waals surface area contributed by atoms with E-state index in [-0.39, 0.29) is 11.5 Å². The highest BCUT2D eigenvalue weighted by Crippen LogP contribution is 2.30. The molecule has 29 heavy (non-hydrogen) atoms. The molecule has 0 unspecified atom stereocenters. The van der Waals surface area contributed by atoms with Crippen molar-refractivity contribution in [1.29, 1.82) is 0 Å². The van der Waals surface area contributed by atoms with Gasteiger partial charge in [0.05, 0.1) is 5.56 Å². The lowest BCUT2D eigenvalue weighted by Gasteiger charge is -2.12. The van der Waals surface area contributed by atoms with E-state index in [2.05, 4.69) is 15.6 Å². The van der Waals surface area contributed by atoms with Gasteiger partial charge in [0.2, 0.25) is 0 Å². The third kappa shape index (κ3) is 4.98. The van der Waals surface area contributed by atoms with Gasteiger partial charge in [-0.1, -0.05) is 12.1 Å². The molecule has 1 aromatic heterocycles. The number of hydrogen-bond donors (Lipinski definition) is 2. The fourth-order valence-electron chi connectivity index (χ4n) is 2.57. The van der Waals surface area contributed by atoms with Crippen LogP contribution in [0.3, 0.4) is 0 Å². The van der Waals surface area contributed by atoms with Crippen LogP contribution in [0.2, 0.25) is 0 Å². The summed E-state index contributed by atoms with van der Waals surface area (Å²) >= 11 is 0. The van der Waals surface area contributed by atoms with Crippen LogP contribution in [-0.4, -0.2) is 16.8 Å². The minimum absolute atomic E-state index is 0.122. The lowest BCUT2D eigenvalue weighted by molar-refractivity contribution is -0.137. The largest absolute Gasteiger partial charge is 0.416 e. The molecule has 0 radical (unpaired) electrons. The zero-order valence-electron chi connectivity index (χ0n) is 15.2. The Balaban J connectivity index is 1.78. The van der Waals surface area contributed by atoms with Gasteiger partial charge in [-0.2, -0.15) is 13.2 Å². The van der Waals surface area contributed by atoms with Crippen LogP contribution in [0.1, 0.15) is 31.8 Å². The quantitative estimate of drug-likeness (QED) is 0.655. The Hall–Kier alpha value is -3.68. The lowest BCUT2D eigenvalue weighted by atomic mass is 10.1. The van der Waals surface area contributed by atoms with Gasteiger partial charge in [0, 0.05) is 34.9 Å². The van der Waals surface area contributed by atoms with Gasteiger partial charge < -0.3 is 10.6 Å². The number of aryl methyl sites for hydroxylation is 1. The van der Waals surface area contributed by atoms with Crippen molar-refractivity contribution in [3.05, 3.63) is 89.2 Å². The number of hydrogen-bond acceptors (Lipinski definition) is 3. The van der Waals surface area contributed by atoms with Crippen molar-refractivity contribution in [2.24, 2.45) is 0 Å². The molecule has 3 aromatic rings.